The van der Waals surface area contributed by atoms with E-state index >= 15 is 0 Å². The maximum atomic E-state index is 13.6. The number of hydrogen-bond acceptors (Lipinski definition) is 2. The summed E-state index contributed by atoms with van der Waals surface area (Å²) in [5.41, 5.74) is 8.14. The van der Waals surface area contributed by atoms with Gasteiger partial charge in [0.2, 0.25) is 0 Å². The Kier molecular flexibility index (Phi) is 8.49. The third-order valence-electron chi connectivity index (χ3n) is 3.01. The summed E-state index contributed by atoms with van der Waals surface area (Å²) in [6.07, 6.45) is 0. The van der Waals surface area contributed by atoms with Crippen LogP contribution in [0.15, 0.2) is 51.9 Å². The number of hydrogen-bond donors (Lipinski definition) is 2. The molecule has 0 unspecified atom stereocenters. The Balaban J connectivity index is 0.00000264. The van der Waals surface area contributed by atoms with E-state index in [0.29, 0.717) is 12.2 Å². The van der Waals surface area contributed by atoms with E-state index in [1.807, 2.05) is 24.3 Å². The first kappa shape index (κ1) is 19.9. The number of aliphatic imine (C=N–C) groups is 1. The van der Waals surface area contributed by atoms with Gasteiger partial charge >= 0.3 is 0 Å². The summed E-state index contributed by atoms with van der Waals surface area (Å²) in [7, 11) is 1.63. The molecule has 3 N–H and O–H groups in total. The maximum absolute atomic E-state index is 13.6. The number of rotatable bonds is 5. The van der Waals surface area contributed by atoms with Crippen LogP contribution in [0.2, 0.25) is 0 Å². The first-order chi connectivity index (χ1) is 10.6. The summed E-state index contributed by atoms with van der Waals surface area (Å²) in [5.74, 6) is -0.0811. The molecule has 0 bridgehead atoms. The van der Waals surface area contributed by atoms with Gasteiger partial charge in [-0.25, -0.2) is 9.38 Å². The average Bonchev–Trinajstić information content (AvgIpc) is 2.50. The Morgan fingerprint density at radius 2 is 2.00 bits per heavy atom. The predicted molar refractivity (Wildman–Crippen MR) is 106 cm³/mol. The van der Waals surface area contributed by atoms with E-state index < -0.39 is 0 Å². The van der Waals surface area contributed by atoms with Gasteiger partial charge in [0.1, 0.15) is 5.82 Å². The van der Waals surface area contributed by atoms with E-state index in [9.17, 15) is 4.39 Å². The third kappa shape index (κ3) is 6.08. The molecule has 2 rings (SSSR count). The van der Waals surface area contributed by atoms with Gasteiger partial charge in [0.15, 0.2) is 5.96 Å². The largest absolute Gasteiger partial charge is 0.380 e. The minimum Gasteiger partial charge on any atom is -0.380 e. The molecule has 124 valence electrons. The van der Waals surface area contributed by atoms with Gasteiger partial charge in [0, 0.05) is 28.4 Å². The third-order valence-corrected chi connectivity index (χ3v) is 3.50. The molecule has 4 nitrogen and oxygen atoms in total. The monoisotopic (exact) mass is 493 g/mol. The number of benzene rings is 2. The molecule has 0 saturated carbocycles. The molecule has 0 spiro atoms. The molecule has 0 aromatic heterocycles. The van der Waals surface area contributed by atoms with Crippen LogP contribution in [-0.2, 0) is 17.9 Å². The lowest BCUT2D eigenvalue weighted by Crippen LogP contribution is -2.23. The normalized spacial score (nSPS) is 11.0. The van der Waals surface area contributed by atoms with Crippen LogP contribution in [0.4, 0.5) is 10.1 Å². The molecule has 23 heavy (non-hydrogen) atoms. The highest BCUT2D eigenvalue weighted by Crippen LogP contribution is 2.17. The Morgan fingerprint density at radius 1 is 1.26 bits per heavy atom. The number of nitrogens with zero attached hydrogens (tertiary/aromatic N) is 1. The molecule has 0 fully saturated rings. The number of anilines is 1. The zero-order valence-corrected chi connectivity index (χ0v) is 16.5. The standard InChI is InChI=1S/C16H17BrFN3O.HI/c1-22-10-11-4-2-3-5-15(11)21-16(19)20-9-12-8-13(17)6-7-14(12)18;/h2-8H,9-10H2,1H3,(H3,19,20,21);1H. The fourth-order valence-corrected chi connectivity index (χ4v) is 2.34. The number of guanidine groups is 1. The lowest BCUT2D eigenvalue weighted by molar-refractivity contribution is 0.185. The van der Waals surface area contributed by atoms with Crippen molar-refractivity contribution >= 4 is 51.6 Å². The topological polar surface area (TPSA) is 59.6 Å². The number of methoxy groups -OCH3 is 1. The van der Waals surface area contributed by atoms with Gasteiger partial charge in [-0.2, -0.15) is 0 Å². The van der Waals surface area contributed by atoms with Crippen LogP contribution in [0.1, 0.15) is 11.1 Å². The van der Waals surface area contributed by atoms with E-state index in [-0.39, 0.29) is 42.3 Å². The number of para-hydroxylation sites is 1. The smallest absolute Gasteiger partial charge is 0.193 e. The van der Waals surface area contributed by atoms with E-state index in [1.54, 1.807) is 19.2 Å². The van der Waals surface area contributed by atoms with Crippen molar-refractivity contribution < 1.29 is 9.13 Å². The molecule has 0 aliphatic rings. The van der Waals surface area contributed by atoms with Crippen molar-refractivity contribution in [3.63, 3.8) is 0 Å². The highest BCUT2D eigenvalue weighted by atomic mass is 127. The SMILES string of the molecule is COCc1ccccc1NC(N)=NCc1cc(Br)ccc1F.I. The summed E-state index contributed by atoms with van der Waals surface area (Å²) in [4.78, 5) is 4.17. The van der Waals surface area contributed by atoms with Crippen molar-refractivity contribution in [1.29, 1.82) is 0 Å². The van der Waals surface area contributed by atoms with Crippen molar-refractivity contribution in [2.24, 2.45) is 10.7 Å². The van der Waals surface area contributed by atoms with Crippen molar-refractivity contribution in [1.82, 2.24) is 0 Å². The molecular formula is C16H18BrFIN3O. The van der Waals surface area contributed by atoms with E-state index in [0.717, 1.165) is 15.7 Å². The molecule has 2 aromatic rings. The van der Waals surface area contributed by atoms with Gasteiger partial charge in [-0.3, -0.25) is 0 Å². The zero-order valence-electron chi connectivity index (χ0n) is 12.6. The summed E-state index contributed by atoms with van der Waals surface area (Å²) in [6.45, 7) is 0.632. The number of nitrogens with two attached hydrogens (primary N) is 1. The summed E-state index contributed by atoms with van der Waals surface area (Å²) in [6, 6.07) is 12.4. The fraction of sp³-hybridized carbons (Fsp3) is 0.188. The van der Waals surface area contributed by atoms with Crippen molar-refractivity contribution in [2.45, 2.75) is 13.2 Å². The van der Waals surface area contributed by atoms with Crippen LogP contribution in [0.5, 0.6) is 0 Å². The van der Waals surface area contributed by atoms with Crippen molar-refractivity contribution in [3.8, 4) is 0 Å². The summed E-state index contributed by atoms with van der Waals surface area (Å²) in [5, 5.41) is 3.01. The zero-order chi connectivity index (χ0) is 15.9. The molecule has 0 aliphatic carbocycles. The highest BCUT2D eigenvalue weighted by molar-refractivity contribution is 14.0. The van der Waals surface area contributed by atoms with Gasteiger partial charge in [0.05, 0.1) is 13.2 Å². The van der Waals surface area contributed by atoms with Crippen LogP contribution >= 0.6 is 39.9 Å². The molecule has 2 aromatic carbocycles. The summed E-state index contributed by atoms with van der Waals surface area (Å²) >= 11 is 3.31. The van der Waals surface area contributed by atoms with Gasteiger partial charge in [-0.15, -0.1) is 24.0 Å². The second-order valence-electron chi connectivity index (χ2n) is 4.65. The minimum atomic E-state index is -0.306. The molecule has 0 amide bonds. The number of ether oxygens (including phenoxy) is 1. The van der Waals surface area contributed by atoms with E-state index in [4.69, 9.17) is 10.5 Å². The van der Waals surface area contributed by atoms with Gasteiger partial charge < -0.3 is 15.8 Å². The lowest BCUT2D eigenvalue weighted by atomic mass is 10.2. The maximum Gasteiger partial charge on any atom is 0.193 e. The lowest BCUT2D eigenvalue weighted by Gasteiger charge is -2.11. The molecule has 0 aliphatic heterocycles. The van der Waals surface area contributed by atoms with E-state index in [2.05, 4.69) is 26.2 Å². The Bertz CT molecular complexity index is 682. The van der Waals surface area contributed by atoms with Crippen molar-refractivity contribution in [2.75, 3.05) is 12.4 Å². The summed E-state index contributed by atoms with van der Waals surface area (Å²) < 4.78 is 19.6. The molecule has 0 saturated heterocycles. The number of halogens is 3. The van der Waals surface area contributed by atoms with Crippen LogP contribution in [-0.4, -0.2) is 13.1 Å². The Labute approximate surface area is 160 Å². The molecule has 7 heteroatoms. The van der Waals surface area contributed by atoms with Gasteiger partial charge in [-0.05, 0) is 24.3 Å². The van der Waals surface area contributed by atoms with Crippen LogP contribution < -0.4 is 11.1 Å². The molecular weight excluding hydrogens is 476 g/mol. The fourth-order valence-electron chi connectivity index (χ4n) is 1.94. The predicted octanol–water partition coefficient (Wildman–Crippen LogP) is 4.28. The van der Waals surface area contributed by atoms with Crippen LogP contribution in [0.3, 0.4) is 0 Å². The van der Waals surface area contributed by atoms with Gasteiger partial charge in [0.25, 0.3) is 0 Å². The number of nitrogens with one attached hydrogen (secondary N) is 1. The first-order valence-corrected chi connectivity index (χ1v) is 7.47. The van der Waals surface area contributed by atoms with E-state index in [1.165, 1.54) is 6.07 Å². The second kappa shape index (κ2) is 9.84. The Hall–Kier alpha value is -1.19. The molecule has 0 radical (unpaired) electrons. The quantitative estimate of drug-likeness (QED) is 0.371. The van der Waals surface area contributed by atoms with Gasteiger partial charge in [-0.1, -0.05) is 34.1 Å². The first-order valence-electron chi connectivity index (χ1n) is 6.68. The van der Waals surface area contributed by atoms with Crippen LogP contribution in [0.25, 0.3) is 0 Å². The molecule has 0 heterocycles. The van der Waals surface area contributed by atoms with Crippen molar-refractivity contribution in [3.05, 3.63) is 63.9 Å². The highest BCUT2D eigenvalue weighted by Gasteiger charge is 2.04. The van der Waals surface area contributed by atoms with Crippen LogP contribution in [0, 0.1) is 5.82 Å². The Morgan fingerprint density at radius 3 is 2.74 bits per heavy atom. The average molecular weight is 494 g/mol. The minimum absolute atomic E-state index is 0. The molecule has 0 atom stereocenters. The second-order valence-corrected chi connectivity index (χ2v) is 5.57.